The van der Waals surface area contributed by atoms with Gasteiger partial charge in [0, 0.05) is 20.6 Å². The molecule has 1 aromatic rings. The van der Waals surface area contributed by atoms with Crippen molar-refractivity contribution in [2.75, 3.05) is 0 Å². The van der Waals surface area contributed by atoms with Gasteiger partial charge >= 0.3 is 0 Å². The van der Waals surface area contributed by atoms with Crippen molar-refractivity contribution in [2.24, 2.45) is 0 Å². The Bertz CT molecular complexity index is 271. The summed E-state index contributed by atoms with van der Waals surface area (Å²) in [4.78, 5) is -0.734. The van der Waals surface area contributed by atoms with Crippen molar-refractivity contribution in [3.05, 3.63) is 32.8 Å². The molecule has 0 aliphatic carbocycles. The summed E-state index contributed by atoms with van der Waals surface area (Å²) in [5.74, 6) is 0. The van der Waals surface area contributed by atoms with E-state index in [1.807, 2.05) is 0 Å². The van der Waals surface area contributed by atoms with Gasteiger partial charge in [-0.1, -0.05) is 58.0 Å². The fourth-order valence-electron chi connectivity index (χ4n) is 0.762. The molecule has 0 aliphatic rings. The monoisotopic (exact) mass is 262 g/mol. The van der Waals surface area contributed by atoms with Gasteiger partial charge in [0.25, 0.3) is 0 Å². The fourth-order valence-corrected chi connectivity index (χ4v) is 2.49. The van der Waals surface area contributed by atoms with Crippen LogP contribution in [0.1, 0.15) is 10.4 Å². The summed E-state index contributed by atoms with van der Waals surface area (Å²) in [5, 5.41) is 1.22. The van der Waals surface area contributed by atoms with Gasteiger partial charge in [-0.15, -0.1) is 0 Å². The minimum absolute atomic E-state index is 0.377. The van der Waals surface area contributed by atoms with Crippen LogP contribution < -0.4 is 0 Å². The first-order valence-electron chi connectivity index (χ1n) is 2.95. The van der Waals surface area contributed by atoms with Gasteiger partial charge in [-0.05, 0) is 12.1 Å². The van der Waals surface area contributed by atoms with Crippen LogP contribution in [0.2, 0.25) is 15.1 Å². The van der Waals surface area contributed by atoms with Crippen LogP contribution >= 0.6 is 58.0 Å². The summed E-state index contributed by atoms with van der Waals surface area (Å²) in [6.45, 7) is 0. The third-order valence-corrected chi connectivity index (χ3v) is 2.54. The minimum Gasteiger partial charge on any atom is -0.0999 e. The summed E-state index contributed by atoms with van der Waals surface area (Å²) in [6, 6.07) is 3.09. The van der Waals surface area contributed by atoms with Crippen molar-refractivity contribution in [3.63, 3.8) is 0 Å². The largest absolute Gasteiger partial charge is 0.135 e. The zero-order valence-corrected chi connectivity index (χ0v) is 9.40. The van der Waals surface area contributed by atoms with E-state index >= 15 is 0 Å². The van der Waals surface area contributed by atoms with Gasteiger partial charge < -0.3 is 0 Å². The lowest BCUT2D eigenvalue weighted by atomic mass is 10.2. The Morgan fingerprint density at radius 1 is 0.917 bits per heavy atom. The Balaban J connectivity index is 3.28. The van der Waals surface area contributed by atoms with E-state index in [0.717, 1.165) is 0 Å². The summed E-state index contributed by atoms with van der Waals surface area (Å²) >= 11 is 28.5. The van der Waals surface area contributed by atoms with Gasteiger partial charge in [0.2, 0.25) is 0 Å². The zero-order valence-electron chi connectivity index (χ0n) is 5.62. The van der Waals surface area contributed by atoms with Crippen LogP contribution in [0.5, 0.6) is 0 Å². The van der Waals surface area contributed by atoms with Gasteiger partial charge in [0.1, 0.15) is 4.84 Å². The van der Waals surface area contributed by atoms with E-state index in [2.05, 4.69) is 0 Å². The first kappa shape index (κ1) is 10.7. The van der Waals surface area contributed by atoms with E-state index in [-0.39, 0.29) is 0 Å². The predicted molar refractivity (Wildman–Crippen MR) is 55.9 cm³/mol. The van der Waals surface area contributed by atoms with Crippen molar-refractivity contribution in [1.82, 2.24) is 0 Å². The first-order valence-corrected chi connectivity index (χ1v) is 4.95. The van der Waals surface area contributed by atoms with E-state index in [4.69, 9.17) is 58.0 Å². The number of halogens is 5. The maximum Gasteiger partial charge on any atom is 0.135 e. The molecule has 0 saturated carbocycles. The van der Waals surface area contributed by atoms with Crippen LogP contribution in [-0.2, 0) is 0 Å². The molecule has 0 amide bonds. The third kappa shape index (κ3) is 2.34. The second-order valence-electron chi connectivity index (χ2n) is 2.08. The molecule has 0 nitrogen and oxygen atoms in total. The van der Waals surface area contributed by atoms with E-state index < -0.39 is 4.84 Å². The zero-order chi connectivity index (χ0) is 9.30. The number of benzene rings is 1. The number of hydrogen-bond acceptors (Lipinski definition) is 0. The highest BCUT2D eigenvalue weighted by Gasteiger charge is 2.13. The molecule has 1 aromatic carbocycles. The van der Waals surface area contributed by atoms with Gasteiger partial charge in [0.15, 0.2) is 0 Å². The normalized spacial score (nSPS) is 10.8. The lowest BCUT2D eigenvalue weighted by Gasteiger charge is -2.07. The first-order chi connectivity index (χ1) is 5.52. The SMILES string of the molecule is Clc1cc(Cl)c(C(Cl)Cl)c(Cl)c1. The van der Waals surface area contributed by atoms with Gasteiger partial charge in [-0.2, -0.15) is 0 Å². The van der Waals surface area contributed by atoms with Gasteiger partial charge in [0.05, 0.1) is 0 Å². The molecule has 0 N–H and O–H groups in total. The molecule has 5 heteroatoms. The predicted octanol–water partition coefficient (Wildman–Crippen LogP) is 5.12. The average molecular weight is 264 g/mol. The molecular weight excluding hydrogens is 261 g/mol. The topological polar surface area (TPSA) is 0 Å². The standard InChI is InChI=1S/C7H3Cl5/c8-3-1-4(9)6(7(11)12)5(10)2-3/h1-2,7H. The summed E-state index contributed by atoms with van der Waals surface area (Å²) < 4.78 is 0. The lowest BCUT2D eigenvalue weighted by Crippen LogP contribution is -1.85. The Morgan fingerprint density at radius 2 is 1.33 bits per heavy atom. The van der Waals surface area contributed by atoms with Crippen molar-refractivity contribution in [2.45, 2.75) is 4.84 Å². The smallest absolute Gasteiger partial charge is 0.0999 e. The molecule has 0 heterocycles. The molecule has 0 unspecified atom stereocenters. The molecule has 0 radical (unpaired) electrons. The molecule has 66 valence electrons. The fraction of sp³-hybridized carbons (Fsp3) is 0.143. The second kappa shape index (κ2) is 4.26. The molecule has 0 spiro atoms. The van der Waals surface area contributed by atoms with Crippen molar-refractivity contribution in [1.29, 1.82) is 0 Å². The van der Waals surface area contributed by atoms with Crippen LogP contribution in [-0.4, -0.2) is 0 Å². The summed E-state index contributed by atoms with van der Waals surface area (Å²) in [5.41, 5.74) is 0.492. The molecular formula is C7H3Cl5. The maximum absolute atomic E-state index is 5.79. The molecule has 0 saturated heterocycles. The molecule has 0 atom stereocenters. The Labute approximate surface area is 95.3 Å². The van der Waals surface area contributed by atoms with Crippen molar-refractivity contribution >= 4 is 58.0 Å². The molecule has 0 aliphatic heterocycles. The van der Waals surface area contributed by atoms with Crippen molar-refractivity contribution < 1.29 is 0 Å². The summed E-state index contributed by atoms with van der Waals surface area (Å²) in [6.07, 6.45) is 0. The highest BCUT2D eigenvalue weighted by Crippen LogP contribution is 2.38. The third-order valence-electron chi connectivity index (χ3n) is 1.26. The molecule has 0 bridgehead atoms. The second-order valence-corrected chi connectivity index (χ2v) is 4.43. The number of rotatable bonds is 1. The summed E-state index contributed by atoms with van der Waals surface area (Å²) in [7, 11) is 0. The Kier molecular flexibility index (Phi) is 3.81. The van der Waals surface area contributed by atoms with Crippen LogP contribution in [0, 0.1) is 0 Å². The molecule has 12 heavy (non-hydrogen) atoms. The Morgan fingerprint density at radius 3 is 1.67 bits per heavy atom. The molecule has 1 rings (SSSR count). The average Bonchev–Trinajstić information content (AvgIpc) is 1.82. The van der Waals surface area contributed by atoms with Gasteiger partial charge in [-0.3, -0.25) is 0 Å². The highest BCUT2D eigenvalue weighted by atomic mass is 35.5. The van der Waals surface area contributed by atoms with Crippen molar-refractivity contribution in [3.8, 4) is 0 Å². The van der Waals surface area contributed by atoms with Crippen LogP contribution in [0.3, 0.4) is 0 Å². The maximum atomic E-state index is 5.79. The highest BCUT2D eigenvalue weighted by molar-refractivity contribution is 6.47. The van der Waals surface area contributed by atoms with Crippen LogP contribution in [0.25, 0.3) is 0 Å². The molecule has 0 aromatic heterocycles. The van der Waals surface area contributed by atoms with E-state index in [0.29, 0.717) is 20.6 Å². The minimum atomic E-state index is -0.734. The van der Waals surface area contributed by atoms with E-state index in [1.165, 1.54) is 0 Å². The van der Waals surface area contributed by atoms with E-state index in [9.17, 15) is 0 Å². The van der Waals surface area contributed by atoms with Gasteiger partial charge in [-0.25, -0.2) is 0 Å². The number of hydrogen-bond donors (Lipinski definition) is 0. The lowest BCUT2D eigenvalue weighted by molar-refractivity contribution is 1.35. The molecule has 0 fully saturated rings. The van der Waals surface area contributed by atoms with Crippen LogP contribution in [0.15, 0.2) is 12.1 Å². The Hall–Kier alpha value is 0.670. The van der Waals surface area contributed by atoms with Crippen LogP contribution in [0.4, 0.5) is 0 Å². The number of alkyl halides is 2. The van der Waals surface area contributed by atoms with E-state index in [1.54, 1.807) is 12.1 Å². The quantitative estimate of drug-likeness (QED) is 0.617.